The van der Waals surface area contributed by atoms with Crippen molar-refractivity contribution in [1.82, 2.24) is 4.90 Å². The molecule has 1 aliphatic heterocycles. The first kappa shape index (κ1) is 15.7. The van der Waals surface area contributed by atoms with E-state index in [1.165, 1.54) is 5.56 Å². The Hall–Kier alpha value is -1.68. The molecular formula is C17H24N2O2. The van der Waals surface area contributed by atoms with Crippen LogP contribution in [-0.4, -0.2) is 35.7 Å². The topological polar surface area (TPSA) is 63.4 Å². The Morgan fingerprint density at radius 3 is 2.57 bits per heavy atom. The Kier molecular flexibility index (Phi) is 5.51. The van der Waals surface area contributed by atoms with Crippen molar-refractivity contribution in [2.24, 2.45) is 5.73 Å². The van der Waals surface area contributed by atoms with Crippen molar-refractivity contribution < 1.29 is 9.59 Å². The van der Waals surface area contributed by atoms with E-state index in [4.69, 9.17) is 5.73 Å². The molecule has 2 N–H and O–H groups in total. The number of aryl methyl sites for hydroxylation is 1. The summed E-state index contributed by atoms with van der Waals surface area (Å²) in [6, 6.07) is 7.81. The van der Waals surface area contributed by atoms with Crippen LogP contribution < -0.4 is 5.73 Å². The molecule has 1 atom stereocenters. The molecule has 0 aromatic heterocycles. The Morgan fingerprint density at radius 1 is 1.24 bits per heavy atom. The maximum atomic E-state index is 12.2. The lowest BCUT2D eigenvalue weighted by atomic mass is 10.0. The summed E-state index contributed by atoms with van der Waals surface area (Å²) in [7, 11) is 0. The maximum Gasteiger partial charge on any atom is 0.223 e. The number of nitrogens with two attached hydrogens (primary N) is 1. The van der Waals surface area contributed by atoms with Crippen LogP contribution in [0, 0.1) is 0 Å². The SMILES string of the molecule is CCc1ccc(C(=O)CCC(=O)N2CCCC2CN)cc1. The Balaban J connectivity index is 1.86. The highest BCUT2D eigenvalue weighted by atomic mass is 16.2. The molecule has 0 aliphatic carbocycles. The van der Waals surface area contributed by atoms with Gasteiger partial charge in [-0.15, -0.1) is 0 Å². The Bertz CT molecular complexity index is 496. The molecule has 1 aromatic rings. The van der Waals surface area contributed by atoms with E-state index in [0.717, 1.165) is 25.8 Å². The second-order valence-electron chi connectivity index (χ2n) is 5.59. The zero-order valence-corrected chi connectivity index (χ0v) is 12.7. The monoisotopic (exact) mass is 288 g/mol. The summed E-state index contributed by atoms with van der Waals surface area (Å²) >= 11 is 0. The molecule has 4 nitrogen and oxygen atoms in total. The molecule has 1 aliphatic rings. The molecule has 1 unspecified atom stereocenters. The fraction of sp³-hybridized carbons (Fsp3) is 0.529. The van der Waals surface area contributed by atoms with Gasteiger partial charge in [0.25, 0.3) is 0 Å². The fourth-order valence-corrected chi connectivity index (χ4v) is 2.84. The van der Waals surface area contributed by atoms with Gasteiger partial charge in [0.2, 0.25) is 5.91 Å². The van der Waals surface area contributed by atoms with E-state index in [9.17, 15) is 9.59 Å². The molecule has 0 spiro atoms. The van der Waals surface area contributed by atoms with Crippen LogP contribution >= 0.6 is 0 Å². The van der Waals surface area contributed by atoms with Crippen molar-refractivity contribution in [1.29, 1.82) is 0 Å². The van der Waals surface area contributed by atoms with Crippen molar-refractivity contribution in [2.75, 3.05) is 13.1 Å². The largest absolute Gasteiger partial charge is 0.338 e. The number of carbonyl (C=O) groups is 2. The quantitative estimate of drug-likeness (QED) is 0.816. The number of nitrogens with zero attached hydrogens (tertiary/aromatic N) is 1. The first-order valence-corrected chi connectivity index (χ1v) is 7.77. The van der Waals surface area contributed by atoms with Crippen molar-refractivity contribution in [3.8, 4) is 0 Å². The second kappa shape index (κ2) is 7.36. The van der Waals surface area contributed by atoms with Gasteiger partial charge in [-0.1, -0.05) is 31.2 Å². The minimum Gasteiger partial charge on any atom is -0.338 e. The summed E-state index contributed by atoms with van der Waals surface area (Å²) in [5, 5.41) is 0. The van der Waals surface area contributed by atoms with Crippen LogP contribution in [0.4, 0.5) is 0 Å². The lowest BCUT2D eigenvalue weighted by Gasteiger charge is -2.23. The number of hydrogen-bond acceptors (Lipinski definition) is 3. The van der Waals surface area contributed by atoms with Crippen molar-refractivity contribution >= 4 is 11.7 Å². The zero-order chi connectivity index (χ0) is 15.2. The van der Waals surface area contributed by atoms with E-state index in [1.807, 2.05) is 29.2 Å². The maximum absolute atomic E-state index is 12.2. The Labute approximate surface area is 126 Å². The number of rotatable bonds is 6. The van der Waals surface area contributed by atoms with Gasteiger partial charge in [-0.3, -0.25) is 9.59 Å². The first-order chi connectivity index (χ1) is 10.2. The summed E-state index contributed by atoms with van der Waals surface area (Å²) in [4.78, 5) is 26.1. The lowest BCUT2D eigenvalue weighted by Crippen LogP contribution is -2.39. The van der Waals surface area contributed by atoms with Crippen LogP contribution in [0.1, 0.15) is 48.5 Å². The molecule has 1 fully saturated rings. The minimum absolute atomic E-state index is 0.0366. The third-order valence-electron chi connectivity index (χ3n) is 4.22. The molecule has 4 heteroatoms. The first-order valence-electron chi connectivity index (χ1n) is 7.77. The van der Waals surface area contributed by atoms with Gasteiger partial charge in [-0.05, 0) is 24.8 Å². The van der Waals surface area contributed by atoms with Gasteiger partial charge < -0.3 is 10.6 Å². The number of carbonyl (C=O) groups excluding carboxylic acids is 2. The van der Waals surface area contributed by atoms with E-state index >= 15 is 0 Å². The van der Waals surface area contributed by atoms with Crippen LogP contribution in [-0.2, 0) is 11.2 Å². The highest BCUT2D eigenvalue weighted by molar-refractivity contribution is 5.98. The average molecular weight is 288 g/mol. The highest BCUT2D eigenvalue weighted by Crippen LogP contribution is 2.18. The van der Waals surface area contributed by atoms with Gasteiger partial charge in [0.05, 0.1) is 0 Å². The van der Waals surface area contributed by atoms with E-state index < -0.39 is 0 Å². The van der Waals surface area contributed by atoms with Crippen LogP contribution in [0.3, 0.4) is 0 Å². The van der Waals surface area contributed by atoms with Gasteiger partial charge in [0.15, 0.2) is 5.78 Å². The normalized spacial score (nSPS) is 18.0. The lowest BCUT2D eigenvalue weighted by molar-refractivity contribution is -0.131. The van der Waals surface area contributed by atoms with E-state index in [2.05, 4.69) is 6.92 Å². The van der Waals surface area contributed by atoms with Crippen molar-refractivity contribution in [3.63, 3.8) is 0 Å². The van der Waals surface area contributed by atoms with Crippen LogP contribution in [0.15, 0.2) is 24.3 Å². The Morgan fingerprint density at radius 2 is 1.95 bits per heavy atom. The molecule has 1 saturated heterocycles. The number of likely N-dealkylation sites (tertiary alicyclic amines) is 1. The van der Waals surface area contributed by atoms with Gasteiger partial charge >= 0.3 is 0 Å². The predicted octanol–water partition coefficient (Wildman–Crippen LogP) is 2.16. The van der Waals surface area contributed by atoms with Gasteiger partial charge in [-0.2, -0.15) is 0 Å². The molecule has 1 heterocycles. The molecule has 0 saturated carbocycles. The van der Waals surface area contributed by atoms with Crippen LogP contribution in [0.5, 0.6) is 0 Å². The molecule has 21 heavy (non-hydrogen) atoms. The molecular weight excluding hydrogens is 264 g/mol. The van der Waals surface area contributed by atoms with E-state index in [-0.39, 0.29) is 30.6 Å². The number of hydrogen-bond donors (Lipinski definition) is 1. The minimum atomic E-state index is 0.0366. The summed E-state index contributed by atoms with van der Waals surface area (Å²) in [5.74, 6) is 0.0935. The number of amides is 1. The summed E-state index contributed by atoms with van der Waals surface area (Å²) in [6.07, 6.45) is 3.51. The fourth-order valence-electron chi connectivity index (χ4n) is 2.84. The number of ketones is 1. The number of benzene rings is 1. The van der Waals surface area contributed by atoms with Gasteiger partial charge in [0, 0.05) is 37.5 Å². The highest BCUT2D eigenvalue weighted by Gasteiger charge is 2.27. The average Bonchev–Trinajstić information content (AvgIpc) is 3.01. The van der Waals surface area contributed by atoms with E-state index in [1.54, 1.807) is 0 Å². The number of Topliss-reactive ketones (excluding diaryl/α,β-unsaturated/α-hetero) is 1. The molecule has 2 rings (SSSR count). The molecule has 114 valence electrons. The van der Waals surface area contributed by atoms with Crippen molar-refractivity contribution in [2.45, 2.75) is 45.1 Å². The van der Waals surface area contributed by atoms with Gasteiger partial charge in [0.1, 0.15) is 0 Å². The summed E-state index contributed by atoms with van der Waals surface area (Å²) in [6.45, 7) is 3.37. The third-order valence-corrected chi connectivity index (χ3v) is 4.22. The molecule has 1 amide bonds. The molecule has 1 aromatic carbocycles. The predicted molar refractivity (Wildman–Crippen MR) is 83.2 cm³/mol. The smallest absolute Gasteiger partial charge is 0.223 e. The second-order valence-corrected chi connectivity index (χ2v) is 5.59. The van der Waals surface area contributed by atoms with Gasteiger partial charge in [-0.25, -0.2) is 0 Å². The zero-order valence-electron chi connectivity index (χ0n) is 12.7. The third kappa shape index (κ3) is 3.91. The molecule has 0 bridgehead atoms. The standard InChI is InChI=1S/C17H24N2O2/c1-2-13-5-7-14(8-6-13)16(20)9-10-17(21)19-11-3-4-15(19)12-18/h5-8,15H,2-4,9-12,18H2,1H3. The van der Waals surface area contributed by atoms with Crippen molar-refractivity contribution in [3.05, 3.63) is 35.4 Å². The molecule has 0 radical (unpaired) electrons. The van der Waals surface area contributed by atoms with E-state index in [0.29, 0.717) is 12.1 Å². The van der Waals surface area contributed by atoms with Crippen LogP contribution in [0.2, 0.25) is 0 Å². The summed E-state index contributed by atoms with van der Waals surface area (Å²) < 4.78 is 0. The summed E-state index contributed by atoms with van der Waals surface area (Å²) in [5.41, 5.74) is 7.58. The van der Waals surface area contributed by atoms with Crippen LogP contribution in [0.25, 0.3) is 0 Å².